The molecule has 0 spiro atoms. The molecule has 3 fully saturated rings. The number of likely N-dealkylation sites (tertiary alicyclic amines) is 1. The van der Waals surface area contributed by atoms with Crippen molar-refractivity contribution in [1.29, 1.82) is 0 Å². The Morgan fingerprint density at radius 1 is 1.04 bits per heavy atom. The minimum Gasteiger partial charge on any atom is -0.377 e. The lowest BCUT2D eigenvalue weighted by Gasteiger charge is -2.40. The molecular formula is C23H44N4O. The summed E-state index contributed by atoms with van der Waals surface area (Å²) in [7, 11) is 0. The molecular weight excluding hydrogens is 348 g/mol. The van der Waals surface area contributed by atoms with Crippen LogP contribution in [-0.4, -0.2) is 61.8 Å². The van der Waals surface area contributed by atoms with Crippen LogP contribution in [0, 0.1) is 11.3 Å². The highest BCUT2D eigenvalue weighted by molar-refractivity contribution is 5.80. The SMILES string of the molecule is CCNC(=NCC1CCCOC1C(C)(C)C)NC1CCN(C2CCCC2)CC1. The van der Waals surface area contributed by atoms with Gasteiger partial charge in [-0.05, 0) is 50.9 Å². The van der Waals surface area contributed by atoms with Gasteiger partial charge in [-0.25, -0.2) is 0 Å². The molecule has 2 heterocycles. The topological polar surface area (TPSA) is 48.9 Å². The van der Waals surface area contributed by atoms with Crippen LogP contribution in [-0.2, 0) is 4.74 Å². The van der Waals surface area contributed by atoms with E-state index in [4.69, 9.17) is 9.73 Å². The number of hydrogen-bond acceptors (Lipinski definition) is 3. The lowest BCUT2D eigenvalue weighted by molar-refractivity contribution is -0.0823. The number of ether oxygens (including phenoxy) is 1. The summed E-state index contributed by atoms with van der Waals surface area (Å²) in [6.45, 7) is 14.2. The van der Waals surface area contributed by atoms with Crippen molar-refractivity contribution in [2.75, 3.05) is 32.8 Å². The lowest BCUT2D eigenvalue weighted by atomic mass is 9.78. The zero-order valence-corrected chi connectivity index (χ0v) is 18.8. The Hall–Kier alpha value is -0.810. The number of aliphatic imine (C=N–C) groups is 1. The smallest absolute Gasteiger partial charge is 0.191 e. The van der Waals surface area contributed by atoms with Crippen LogP contribution in [0.15, 0.2) is 4.99 Å². The minimum absolute atomic E-state index is 0.180. The highest BCUT2D eigenvalue weighted by atomic mass is 16.5. The maximum Gasteiger partial charge on any atom is 0.191 e. The van der Waals surface area contributed by atoms with Gasteiger partial charge in [0.1, 0.15) is 0 Å². The second kappa shape index (κ2) is 10.3. The molecule has 0 bridgehead atoms. The number of guanidine groups is 1. The number of hydrogen-bond donors (Lipinski definition) is 2. The summed E-state index contributed by atoms with van der Waals surface area (Å²) < 4.78 is 6.14. The maximum absolute atomic E-state index is 6.14. The molecule has 2 N–H and O–H groups in total. The molecule has 0 aromatic rings. The van der Waals surface area contributed by atoms with Gasteiger partial charge in [-0.1, -0.05) is 33.6 Å². The summed E-state index contributed by atoms with van der Waals surface area (Å²) in [5, 5.41) is 7.21. The van der Waals surface area contributed by atoms with Gasteiger partial charge in [-0.15, -0.1) is 0 Å². The molecule has 5 heteroatoms. The van der Waals surface area contributed by atoms with Crippen molar-refractivity contribution in [3.05, 3.63) is 0 Å². The summed E-state index contributed by atoms with van der Waals surface area (Å²) >= 11 is 0. The summed E-state index contributed by atoms with van der Waals surface area (Å²) in [6, 6.07) is 1.42. The van der Waals surface area contributed by atoms with Gasteiger partial charge in [0, 0.05) is 50.8 Å². The number of nitrogens with zero attached hydrogens (tertiary/aromatic N) is 2. The van der Waals surface area contributed by atoms with Crippen LogP contribution in [0.25, 0.3) is 0 Å². The normalized spacial score (nSPS) is 29.2. The van der Waals surface area contributed by atoms with Gasteiger partial charge in [-0.3, -0.25) is 4.99 Å². The Morgan fingerprint density at radius 2 is 1.75 bits per heavy atom. The highest BCUT2D eigenvalue weighted by Crippen LogP contribution is 2.34. The highest BCUT2D eigenvalue weighted by Gasteiger charge is 2.35. The Morgan fingerprint density at radius 3 is 2.39 bits per heavy atom. The third kappa shape index (κ3) is 6.09. The van der Waals surface area contributed by atoms with Crippen molar-refractivity contribution in [3.8, 4) is 0 Å². The average molecular weight is 393 g/mol. The largest absolute Gasteiger partial charge is 0.377 e. The summed E-state index contributed by atoms with van der Waals surface area (Å²) in [4.78, 5) is 7.73. The van der Waals surface area contributed by atoms with Gasteiger partial charge in [0.2, 0.25) is 0 Å². The summed E-state index contributed by atoms with van der Waals surface area (Å²) in [6.07, 6.45) is 10.9. The second-order valence-electron chi connectivity index (χ2n) is 10.2. The first-order valence-electron chi connectivity index (χ1n) is 11.9. The lowest BCUT2D eigenvalue weighted by Crippen LogP contribution is -2.50. The predicted molar refractivity (Wildman–Crippen MR) is 118 cm³/mol. The molecule has 2 unspecified atom stereocenters. The van der Waals surface area contributed by atoms with Gasteiger partial charge in [0.25, 0.3) is 0 Å². The van der Waals surface area contributed by atoms with Crippen molar-refractivity contribution in [3.63, 3.8) is 0 Å². The van der Waals surface area contributed by atoms with E-state index in [1.165, 1.54) is 58.0 Å². The quantitative estimate of drug-likeness (QED) is 0.552. The molecule has 2 atom stereocenters. The fourth-order valence-corrected chi connectivity index (χ4v) is 5.39. The molecule has 162 valence electrons. The van der Waals surface area contributed by atoms with E-state index in [1.807, 2.05) is 0 Å². The number of rotatable bonds is 5. The van der Waals surface area contributed by atoms with Crippen molar-refractivity contribution in [2.45, 2.75) is 97.2 Å². The summed E-state index contributed by atoms with van der Waals surface area (Å²) in [5.74, 6) is 1.52. The van der Waals surface area contributed by atoms with E-state index in [-0.39, 0.29) is 5.41 Å². The van der Waals surface area contributed by atoms with Gasteiger partial charge < -0.3 is 20.3 Å². The molecule has 0 aromatic heterocycles. The van der Waals surface area contributed by atoms with Gasteiger partial charge in [0.05, 0.1) is 6.10 Å². The Labute approximate surface area is 173 Å². The van der Waals surface area contributed by atoms with Gasteiger partial charge in [-0.2, -0.15) is 0 Å². The summed E-state index contributed by atoms with van der Waals surface area (Å²) in [5.41, 5.74) is 0.180. The van der Waals surface area contributed by atoms with Crippen LogP contribution in [0.1, 0.15) is 79.1 Å². The third-order valence-electron chi connectivity index (χ3n) is 6.84. The monoisotopic (exact) mass is 392 g/mol. The van der Waals surface area contributed by atoms with Gasteiger partial charge >= 0.3 is 0 Å². The zero-order chi connectivity index (χ0) is 20.0. The van der Waals surface area contributed by atoms with Crippen LogP contribution in [0.5, 0.6) is 0 Å². The Kier molecular flexibility index (Phi) is 8.04. The van der Waals surface area contributed by atoms with E-state index >= 15 is 0 Å². The molecule has 2 saturated heterocycles. The molecule has 0 radical (unpaired) electrons. The van der Waals surface area contributed by atoms with Crippen LogP contribution in [0.2, 0.25) is 0 Å². The molecule has 2 aliphatic heterocycles. The van der Waals surface area contributed by atoms with Crippen molar-refractivity contribution in [1.82, 2.24) is 15.5 Å². The van der Waals surface area contributed by atoms with Crippen molar-refractivity contribution < 1.29 is 4.74 Å². The van der Waals surface area contributed by atoms with E-state index in [0.717, 1.165) is 38.1 Å². The standard InChI is InChI=1S/C23H44N4O/c1-5-24-22(25-17-18-9-8-16-28-21(18)23(2,3)4)26-19-12-14-27(15-13-19)20-10-6-7-11-20/h18-21H,5-17H2,1-4H3,(H2,24,25,26). The van der Waals surface area contributed by atoms with Gasteiger partial charge in [0.15, 0.2) is 5.96 Å². The second-order valence-corrected chi connectivity index (χ2v) is 10.2. The van der Waals surface area contributed by atoms with E-state index in [9.17, 15) is 0 Å². The average Bonchev–Trinajstić information content (AvgIpc) is 3.21. The molecule has 1 aliphatic carbocycles. The maximum atomic E-state index is 6.14. The molecule has 28 heavy (non-hydrogen) atoms. The first-order valence-corrected chi connectivity index (χ1v) is 11.9. The zero-order valence-electron chi connectivity index (χ0n) is 18.8. The van der Waals surface area contributed by atoms with Crippen LogP contribution >= 0.6 is 0 Å². The number of nitrogens with one attached hydrogen (secondary N) is 2. The Balaban J connectivity index is 1.51. The minimum atomic E-state index is 0.180. The van der Waals surface area contributed by atoms with Crippen molar-refractivity contribution in [2.24, 2.45) is 16.3 Å². The molecule has 3 rings (SSSR count). The van der Waals surface area contributed by atoms with E-state index < -0.39 is 0 Å². The number of piperidine rings is 1. The van der Waals surface area contributed by atoms with Crippen LogP contribution in [0.4, 0.5) is 0 Å². The van der Waals surface area contributed by atoms with Crippen LogP contribution in [0.3, 0.4) is 0 Å². The van der Waals surface area contributed by atoms with E-state index in [2.05, 4.69) is 43.2 Å². The third-order valence-corrected chi connectivity index (χ3v) is 6.84. The van der Waals surface area contributed by atoms with Crippen molar-refractivity contribution >= 4 is 5.96 Å². The molecule has 0 aromatic carbocycles. The molecule has 3 aliphatic rings. The van der Waals surface area contributed by atoms with E-state index in [0.29, 0.717) is 18.1 Å². The van der Waals surface area contributed by atoms with E-state index in [1.54, 1.807) is 0 Å². The fraction of sp³-hybridized carbons (Fsp3) is 0.957. The molecule has 1 saturated carbocycles. The first-order chi connectivity index (χ1) is 13.5. The van der Waals surface area contributed by atoms with Crippen LogP contribution < -0.4 is 10.6 Å². The molecule has 0 amide bonds. The fourth-order valence-electron chi connectivity index (χ4n) is 5.39. The first kappa shape index (κ1) is 21.9. The predicted octanol–water partition coefficient (Wildman–Crippen LogP) is 3.79. The Bertz CT molecular complexity index is 487. The molecule has 5 nitrogen and oxygen atoms in total.